The molecule has 0 saturated heterocycles. The number of amides is 3. The van der Waals surface area contributed by atoms with Gasteiger partial charge in [0.15, 0.2) is 0 Å². The van der Waals surface area contributed by atoms with E-state index in [-0.39, 0.29) is 12.3 Å². The molecule has 144 valence electrons. The molecule has 0 bridgehead atoms. The van der Waals surface area contributed by atoms with Crippen LogP contribution in [-0.2, 0) is 4.79 Å². The van der Waals surface area contributed by atoms with Crippen molar-refractivity contribution < 1.29 is 14.3 Å². The Kier molecular flexibility index (Phi) is 6.52. The quantitative estimate of drug-likeness (QED) is 0.510. The smallest absolute Gasteiger partial charge is 0.312 e. The maximum absolute atomic E-state index is 12.4. The number of halogens is 1. The van der Waals surface area contributed by atoms with E-state index in [0.717, 1.165) is 4.88 Å². The van der Waals surface area contributed by atoms with Crippen LogP contribution in [0.4, 0.5) is 10.5 Å². The number of nitrogens with two attached hydrogens (primary N) is 1. The Hall–Kier alpha value is -3.03. The zero-order valence-electron chi connectivity index (χ0n) is 14.7. The van der Waals surface area contributed by atoms with Gasteiger partial charge in [-0.05, 0) is 47.8 Å². The molecule has 1 heterocycles. The van der Waals surface area contributed by atoms with Gasteiger partial charge < -0.3 is 21.1 Å². The summed E-state index contributed by atoms with van der Waals surface area (Å²) in [6.07, 6.45) is 0.0708. The van der Waals surface area contributed by atoms with Gasteiger partial charge in [0.05, 0.1) is 17.5 Å². The van der Waals surface area contributed by atoms with Gasteiger partial charge in [-0.3, -0.25) is 4.79 Å². The molecule has 0 aliphatic rings. The first-order chi connectivity index (χ1) is 13.5. The summed E-state index contributed by atoms with van der Waals surface area (Å²) in [5, 5.41) is 7.79. The maximum Gasteiger partial charge on any atom is 0.312 e. The monoisotopic (exact) mass is 415 g/mol. The highest BCUT2D eigenvalue weighted by molar-refractivity contribution is 7.10. The van der Waals surface area contributed by atoms with Gasteiger partial charge in [0.1, 0.15) is 11.5 Å². The Morgan fingerprint density at radius 2 is 1.82 bits per heavy atom. The molecular weight excluding hydrogens is 398 g/mol. The average Bonchev–Trinajstić information content (AvgIpc) is 3.19. The summed E-state index contributed by atoms with van der Waals surface area (Å²) in [5.74, 6) is 0.905. The number of nitrogens with one attached hydrogen (secondary N) is 2. The van der Waals surface area contributed by atoms with Crippen molar-refractivity contribution in [3.05, 3.63) is 75.9 Å². The van der Waals surface area contributed by atoms with Crippen LogP contribution in [0.2, 0.25) is 5.02 Å². The number of carbonyl (C=O) groups is 2. The van der Waals surface area contributed by atoms with E-state index in [1.165, 1.54) is 11.3 Å². The van der Waals surface area contributed by atoms with Crippen LogP contribution in [-0.4, -0.2) is 11.9 Å². The molecule has 3 aromatic rings. The van der Waals surface area contributed by atoms with Crippen molar-refractivity contribution in [3.63, 3.8) is 0 Å². The number of urea groups is 1. The topological polar surface area (TPSA) is 93.5 Å². The lowest BCUT2D eigenvalue weighted by molar-refractivity contribution is -0.116. The van der Waals surface area contributed by atoms with E-state index in [1.807, 2.05) is 29.6 Å². The molecular formula is C20H18ClN3O3S. The number of hydrogen-bond acceptors (Lipinski definition) is 4. The van der Waals surface area contributed by atoms with Crippen LogP contribution in [0.3, 0.4) is 0 Å². The fraction of sp³-hybridized carbons (Fsp3) is 0.100. The molecule has 1 aromatic heterocycles. The van der Waals surface area contributed by atoms with E-state index < -0.39 is 12.1 Å². The van der Waals surface area contributed by atoms with Gasteiger partial charge in [0, 0.05) is 10.6 Å². The number of primary amides is 1. The molecule has 0 aliphatic heterocycles. The minimum Gasteiger partial charge on any atom is -0.456 e. The fourth-order valence-corrected chi connectivity index (χ4v) is 3.49. The molecule has 0 saturated carbocycles. The maximum atomic E-state index is 12.4. The van der Waals surface area contributed by atoms with E-state index in [4.69, 9.17) is 22.1 Å². The lowest BCUT2D eigenvalue weighted by atomic mass is 10.1. The molecule has 0 unspecified atom stereocenters. The van der Waals surface area contributed by atoms with E-state index >= 15 is 0 Å². The lowest BCUT2D eigenvalue weighted by Gasteiger charge is -2.16. The minimum atomic E-state index is -0.674. The molecule has 0 radical (unpaired) electrons. The van der Waals surface area contributed by atoms with E-state index in [9.17, 15) is 9.59 Å². The van der Waals surface area contributed by atoms with Gasteiger partial charge in [-0.1, -0.05) is 29.8 Å². The predicted octanol–water partition coefficient (Wildman–Crippen LogP) is 4.93. The van der Waals surface area contributed by atoms with Gasteiger partial charge >= 0.3 is 6.03 Å². The first kappa shape index (κ1) is 19.7. The van der Waals surface area contributed by atoms with Crippen LogP contribution >= 0.6 is 22.9 Å². The van der Waals surface area contributed by atoms with E-state index in [1.54, 1.807) is 36.4 Å². The van der Waals surface area contributed by atoms with E-state index in [0.29, 0.717) is 22.2 Å². The number of anilines is 1. The third-order valence-electron chi connectivity index (χ3n) is 3.80. The Balaban J connectivity index is 1.60. The number of ether oxygens (including phenoxy) is 1. The van der Waals surface area contributed by atoms with Gasteiger partial charge in [0.25, 0.3) is 0 Å². The molecule has 0 spiro atoms. The van der Waals surface area contributed by atoms with Crippen molar-refractivity contribution in [1.29, 1.82) is 0 Å². The van der Waals surface area contributed by atoms with Crippen LogP contribution in [0.1, 0.15) is 17.3 Å². The second kappa shape index (κ2) is 9.25. The van der Waals surface area contributed by atoms with Crippen LogP contribution in [0.5, 0.6) is 11.5 Å². The average molecular weight is 416 g/mol. The summed E-state index contributed by atoms with van der Waals surface area (Å²) in [6, 6.07) is 16.7. The van der Waals surface area contributed by atoms with Gasteiger partial charge in [-0.25, -0.2) is 4.79 Å². The minimum absolute atomic E-state index is 0.0708. The standard InChI is InChI=1S/C20H18ClN3O3S/c21-15-4-1-2-5-17(15)27-14-9-7-13(8-10-14)23-19(25)12-16(24-20(22)26)18-6-3-11-28-18/h1-11,16H,12H2,(H,23,25)(H3,22,24,26)/t16-/m1/s1. The third kappa shape index (κ3) is 5.48. The highest BCUT2D eigenvalue weighted by atomic mass is 35.5. The van der Waals surface area contributed by atoms with Gasteiger partial charge in [0.2, 0.25) is 5.91 Å². The highest BCUT2D eigenvalue weighted by Crippen LogP contribution is 2.29. The lowest BCUT2D eigenvalue weighted by Crippen LogP contribution is -2.34. The molecule has 8 heteroatoms. The molecule has 2 aromatic carbocycles. The zero-order valence-corrected chi connectivity index (χ0v) is 16.3. The van der Waals surface area contributed by atoms with Crippen molar-refractivity contribution in [2.75, 3.05) is 5.32 Å². The summed E-state index contributed by atoms with van der Waals surface area (Å²) in [7, 11) is 0. The predicted molar refractivity (Wildman–Crippen MR) is 111 cm³/mol. The second-order valence-corrected chi connectivity index (χ2v) is 7.27. The number of carbonyl (C=O) groups excluding carboxylic acids is 2. The SMILES string of the molecule is NC(=O)N[C@H](CC(=O)Nc1ccc(Oc2ccccc2Cl)cc1)c1cccs1. The molecule has 0 aliphatic carbocycles. The first-order valence-electron chi connectivity index (χ1n) is 8.43. The molecule has 4 N–H and O–H groups in total. The van der Waals surface area contributed by atoms with Gasteiger partial charge in [-0.2, -0.15) is 0 Å². The zero-order chi connectivity index (χ0) is 19.9. The molecule has 6 nitrogen and oxygen atoms in total. The van der Waals surface area contributed by atoms with Crippen LogP contribution in [0.25, 0.3) is 0 Å². The van der Waals surface area contributed by atoms with Crippen LogP contribution in [0.15, 0.2) is 66.0 Å². The summed E-state index contributed by atoms with van der Waals surface area (Å²) in [4.78, 5) is 24.4. The van der Waals surface area contributed by atoms with Crippen molar-refractivity contribution >= 4 is 40.6 Å². The normalized spacial score (nSPS) is 11.5. The molecule has 3 amide bonds. The van der Waals surface area contributed by atoms with Crippen LogP contribution in [0, 0.1) is 0 Å². The summed E-state index contributed by atoms with van der Waals surface area (Å²) in [6.45, 7) is 0. The number of hydrogen-bond donors (Lipinski definition) is 3. The molecule has 1 atom stereocenters. The number of benzene rings is 2. The van der Waals surface area contributed by atoms with Gasteiger partial charge in [-0.15, -0.1) is 11.3 Å². The molecule has 0 fully saturated rings. The fourth-order valence-electron chi connectivity index (χ4n) is 2.54. The summed E-state index contributed by atoms with van der Waals surface area (Å²) in [5.41, 5.74) is 5.83. The van der Waals surface area contributed by atoms with Crippen LogP contribution < -0.4 is 21.1 Å². The first-order valence-corrected chi connectivity index (χ1v) is 9.68. The number of thiophene rings is 1. The Bertz CT molecular complexity index is 946. The van der Waals surface area contributed by atoms with Crippen molar-refractivity contribution in [2.45, 2.75) is 12.5 Å². The highest BCUT2D eigenvalue weighted by Gasteiger charge is 2.18. The summed E-state index contributed by atoms with van der Waals surface area (Å²) >= 11 is 7.53. The van der Waals surface area contributed by atoms with Crippen molar-refractivity contribution in [2.24, 2.45) is 5.73 Å². The second-order valence-electron chi connectivity index (χ2n) is 5.89. The van der Waals surface area contributed by atoms with Crippen molar-refractivity contribution in [3.8, 4) is 11.5 Å². The molecule has 3 rings (SSSR count). The Morgan fingerprint density at radius 1 is 1.07 bits per heavy atom. The summed E-state index contributed by atoms with van der Waals surface area (Å²) < 4.78 is 5.72. The number of para-hydroxylation sites is 1. The molecule has 28 heavy (non-hydrogen) atoms. The Morgan fingerprint density at radius 3 is 2.46 bits per heavy atom. The van der Waals surface area contributed by atoms with E-state index in [2.05, 4.69) is 10.6 Å². The number of rotatable bonds is 7. The largest absolute Gasteiger partial charge is 0.456 e. The third-order valence-corrected chi connectivity index (χ3v) is 5.09. The Labute approximate surface area is 171 Å². The van der Waals surface area contributed by atoms with Crippen molar-refractivity contribution in [1.82, 2.24) is 5.32 Å².